The molecule has 0 radical (unpaired) electrons. The van der Waals surface area contributed by atoms with E-state index >= 15 is 0 Å². The molecule has 16 heavy (non-hydrogen) atoms. The van der Waals surface area contributed by atoms with Crippen LogP contribution in [0, 0.1) is 0 Å². The van der Waals surface area contributed by atoms with Gasteiger partial charge in [-0.05, 0) is 29.7 Å². The van der Waals surface area contributed by atoms with Crippen LogP contribution in [0.5, 0.6) is 5.75 Å². The molecule has 0 aliphatic carbocycles. The number of carbonyl (C=O) groups is 1. The fraction of sp³-hybridized carbons (Fsp3) is 0.417. The van der Waals surface area contributed by atoms with Gasteiger partial charge >= 0.3 is 5.97 Å². The van der Waals surface area contributed by atoms with E-state index in [1.54, 1.807) is 12.1 Å². The van der Waals surface area contributed by atoms with Crippen LogP contribution in [0.2, 0.25) is 5.02 Å². The molecule has 0 aromatic heterocycles. The van der Waals surface area contributed by atoms with Crippen LogP contribution in [0.1, 0.15) is 25.3 Å². The van der Waals surface area contributed by atoms with E-state index < -0.39 is 5.97 Å². The Balaban J connectivity index is 2.82. The first-order valence-electron chi connectivity index (χ1n) is 5.03. The maximum atomic E-state index is 11.0. The highest BCUT2D eigenvalue weighted by atomic mass is 35.5. The Kier molecular flexibility index (Phi) is 4.62. The number of rotatable bonds is 4. The lowest BCUT2D eigenvalue weighted by atomic mass is 10.0. The zero-order chi connectivity index (χ0) is 12.1. The van der Waals surface area contributed by atoms with Gasteiger partial charge in [0.1, 0.15) is 5.75 Å². The smallest absolute Gasteiger partial charge is 0.343 e. The van der Waals surface area contributed by atoms with Gasteiger partial charge in [0.05, 0.1) is 7.11 Å². The van der Waals surface area contributed by atoms with Crippen molar-refractivity contribution in [2.24, 2.45) is 0 Å². The number of esters is 1. The van der Waals surface area contributed by atoms with E-state index in [-0.39, 0.29) is 12.5 Å². The molecule has 4 heteroatoms. The number of carbonyl (C=O) groups excluding carboxylic acids is 1. The van der Waals surface area contributed by atoms with Crippen molar-refractivity contribution in [3.8, 4) is 5.75 Å². The van der Waals surface area contributed by atoms with E-state index in [9.17, 15) is 4.79 Å². The second kappa shape index (κ2) is 5.75. The SMILES string of the molecule is COC(=O)COc1ccc(Cl)cc1C(C)C. The van der Waals surface area contributed by atoms with Crippen LogP contribution in [0.4, 0.5) is 0 Å². The molecule has 0 N–H and O–H groups in total. The summed E-state index contributed by atoms with van der Waals surface area (Å²) in [6.07, 6.45) is 0. The second-order valence-corrected chi connectivity index (χ2v) is 4.14. The van der Waals surface area contributed by atoms with Crippen molar-refractivity contribution >= 4 is 17.6 Å². The van der Waals surface area contributed by atoms with E-state index in [0.29, 0.717) is 10.8 Å². The van der Waals surface area contributed by atoms with Gasteiger partial charge in [-0.2, -0.15) is 0 Å². The van der Waals surface area contributed by atoms with Crippen LogP contribution in [0.15, 0.2) is 18.2 Å². The first kappa shape index (κ1) is 12.8. The quantitative estimate of drug-likeness (QED) is 0.762. The van der Waals surface area contributed by atoms with Gasteiger partial charge in [0.25, 0.3) is 0 Å². The molecule has 3 nitrogen and oxygen atoms in total. The minimum absolute atomic E-state index is 0.0855. The minimum Gasteiger partial charge on any atom is -0.482 e. The Morgan fingerprint density at radius 1 is 1.44 bits per heavy atom. The Bertz CT molecular complexity index is 375. The predicted molar refractivity (Wildman–Crippen MR) is 63.1 cm³/mol. The van der Waals surface area contributed by atoms with Crippen molar-refractivity contribution in [2.75, 3.05) is 13.7 Å². The number of methoxy groups -OCH3 is 1. The first-order chi connectivity index (χ1) is 7.54. The first-order valence-corrected chi connectivity index (χ1v) is 5.41. The Morgan fingerprint density at radius 3 is 2.69 bits per heavy atom. The Labute approximate surface area is 100 Å². The minimum atomic E-state index is -0.398. The maximum absolute atomic E-state index is 11.0. The van der Waals surface area contributed by atoms with Gasteiger partial charge in [0.2, 0.25) is 0 Å². The van der Waals surface area contributed by atoms with Gasteiger partial charge in [0.15, 0.2) is 6.61 Å². The summed E-state index contributed by atoms with van der Waals surface area (Å²) in [4.78, 5) is 11.0. The van der Waals surface area contributed by atoms with Crippen LogP contribution in [-0.4, -0.2) is 19.7 Å². The van der Waals surface area contributed by atoms with Crippen molar-refractivity contribution in [1.29, 1.82) is 0 Å². The largest absolute Gasteiger partial charge is 0.482 e. The third kappa shape index (κ3) is 3.42. The summed E-state index contributed by atoms with van der Waals surface area (Å²) >= 11 is 5.90. The molecule has 0 bridgehead atoms. The third-order valence-electron chi connectivity index (χ3n) is 2.17. The van der Waals surface area contributed by atoms with E-state index in [2.05, 4.69) is 4.74 Å². The Hall–Kier alpha value is -1.22. The molecule has 0 amide bonds. The highest BCUT2D eigenvalue weighted by Gasteiger charge is 2.10. The van der Waals surface area contributed by atoms with Gasteiger partial charge in [-0.3, -0.25) is 0 Å². The van der Waals surface area contributed by atoms with Gasteiger partial charge in [0, 0.05) is 5.02 Å². The summed E-state index contributed by atoms with van der Waals surface area (Å²) in [5, 5.41) is 0.661. The van der Waals surface area contributed by atoms with E-state index in [1.165, 1.54) is 7.11 Å². The molecule has 0 atom stereocenters. The number of halogens is 1. The summed E-state index contributed by atoms with van der Waals surface area (Å²) in [7, 11) is 1.33. The fourth-order valence-corrected chi connectivity index (χ4v) is 1.48. The predicted octanol–water partition coefficient (Wildman–Crippen LogP) is 3.02. The van der Waals surface area contributed by atoms with Gasteiger partial charge in [-0.25, -0.2) is 4.79 Å². The molecular weight excluding hydrogens is 228 g/mol. The lowest BCUT2D eigenvalue weighted by molar-refractivity contribution is -0.142. The molecule has 0 spiro atoms. The average molecular weight is 243 g/mol. The topological polar surface area (TPSA) is 35.5 Å². The lowest BCUT2D eigenvalue weighted by Gasteiger charge is -2.13. The van der Waals surface area contributed by atoms with Gasteiger partial charge in [-0.1, -0.05) is 25.4 Å². The molecule has 0 fully saturated rings. The molecule has 0 unspecified atom stereocenters. The molecule has 0 aliphatic rings. The molecule has 88 valence electrons. The molecule has 1 aromatic rings. The van der Waals surface area contributed by atoms with Crippen LogP contribution in [0.3, 0.4) is 0 Å². The van der Waals surface area contributed by atoms with Crippen LogP contribution >= 0.6 is 11.6 Å². The number of hydrogen-bond donors (Lipinski definition) is 0. The Morgan fingerprint density at radius 2 is 2.12 bits per heavy atom. The molecule has 0 heterocycles. The van der Waals surface area contributed by atoms with Crippen LogP contribution in [-0.2, 0) is 9.53 Å². The monoisotopic (exact) mass is 242 g/mol. The van der Waals surface area contributed by atoms with Crippen molar-refractivity contribution in [2.45, 2.75) is 19.8 Å². The molecule has 0 aliphatic heterocycles. The van der Waals surface area contributed by atoms with Crippen LogP contribution < -0.4 is 4.74 Å². The third-order valence-corrected chi connectivity index (χ3v) is 2.40. The van der Waals surface area contributed by atoms with E-state index in [0.717, 1.165) is 5.56 Å². The van der Waals surface area contributed by atoms with Crippen molar-refractivity contribution < 1.29 is 14.3 Å². The highest BCUT2D eigenvalue weighted by molar-refractivity contribution is 6.30. The number of ether oxygens (including phenoxy) is 2. The van der Waals surface area contributed by atoms with Crippen molar-refractivity contribution in [1.82, 2.24) is 0 Å². The fourth-order valence-electron chi connectivity index (χ4n) is 1.30. The van der Waals surface area contributed by atoms with Crippen molar-refractivity contribution in [3.05, 3.63) is 28.8 Å². The van der Waals surface area contributed by atoms with Crippen LogP contribution in [0.25, 0.3) is 0 Å². The summed E-state index contributed by atoms with van der Waals surface area (Å²) in [5.74, 6) is 0.556. The molecule has 1 aromatic carbocycles. The highest BCUT2D eigenvalue weighted by Crippen LogP contribution is 2.29. The lowest BCUT2D eigenvalue weighted by Crippen LogP contribution is -2.13. The van der Waals surface area contributed by atoms with E-state index in [1.807, 2.05) is 19.9 Å². The molecular formula is C12H15ClO3. The summed E-state index contributed by atoms with van der Waals surface area (Å²) in [5.41, 5.74) is 0.983. The molecule has 1 rings (SSSR count). The summed E-state index contributed by atoms with van der Waals surface area (Å²) in [6.45, 7) is 3.99. The standard InChI is InChI=1S/C12H15ClO3/c1-8(2)10-6-9(13)4-5-11(10)16-7-12(14)15-3/h4-6,8H,7H2,1-3H3. The molecule has 0 saturated heterocycles. The maximum Gasteiger partial charge on any atom is 0.343 e. The normalized spacial score (nSPS) is 10.3. The zero-order valence-corrected chi connectivity index (χ0v) is 10.4. The number of benzene rings is 1. The summed E-state index contributed by atoms with van der Waals surface area (Å²) < 4.78 is 9.88. The van der Waals surface area contributed by atoms with Gasteiger partial charge in [-0.15, -0.1) is 0 Å². The second-order valence-electron chi connectivity index (χ2n) is 3.70. The van der Waals surface area contributed by atoms with Crippen molar-refractivity contribution in [3.63, 3.8) is 0 Å². The molecule has 0 saturated carbocycles. The zero-order valence-electron chi connectivity index (χ0n) is 9.62. The van der Waals surface area contributed by atoms with Gasteiger partial charge < -0.3 is 9.47 Å². The summed E-state index contributed by atoms with van der Waals surface area (Å²) in [6, 6.07) is 5.35. The average Bonchev–Trinajstić information content (AvgIpc) is 2.26. The number of hydrogen-bond acceptors (Lipinski definition) is 3. The van der Waals surface area contributed by atoms with E-state index in [4.69, 9.17) is 16.3 Å².